The third kappa shape index (κ3) is 7.95. The van der Waals surface area contributed by atoms with E-state index in [0.717, 1.165) is 17.2 Å². The maximum atomic E-state index is 17.8. The molecule has 0 unspecified atom stereocenters. The fraction of sp³-hybridized carbons (Fsp3) is 0.512. The van der Waals surface area contributed by atoms with Crippen LogP contribution >= 0.6 is 23.8 Å². The first kappa shape index (κ1) is 46.0. The summed E-state index contributed by atoms with van der Waals surface area (Å²) >= 11 is 3.02. The zero-order valence-corrected chi connectivity index (χ0v) is 36.8. The predicted octanol–water partition coefficient (Wildman–Crippen LogP) is 4.38. The fourth-order valence-corrected chi connectivity index (χ4v) is 11.1. The number of ketones is 2. The largest absolute Gasteiger partial charge is 0.470 e. The number of carbonyl (C=O) groups is 5. The van der Waals surface area contributed by atoms with Gasteiger partial charge >= 0.3 is 7.82 Å². The molecule has 4 fully saturated rings. The SMILES string of the molecule is C[C@H](NC(=O)CBr)C(=O)N[C@@H](C)C(=O)Nc1cccc(Cc2ccc([C@@H]3O[C@@H]4C[C@H]5[C@@H]6C[C@H](F)C7=CC(=O)C=C[C@]7(C)[C@@]6(F)[C@@H](O)C[C@]5(C)[C@]4(C(=O)COP(=O)(O)O)O3)cc2)c1. The number of hydrogen-bond donors (Lipinski definition) is 6. The molecule has 3 amide bonds. The Morgan fingerprint density at radius 2 is 1.69 bits per heavy atom. The smallest absolute Gasteiger partial charge is 0.390 e. The summed E-state index contributed by atoms with van der Waals surface area (Å²) in [5.74, 6) is -4.71. The van der Waals surface area contributed by atoms with Gasteiger partial charge in [-0.05, 0) is 93.4 Å². The Kier molecular flexibility index (Phi) is 12.5. The van der Waals surface area contributed by atoms with E-state index in [4.69, 9.17) is 9.47 Å². The molecule has 3 saturated carbocycles. The summed E-state index contributed by atoms with van der Waals surface area (Å²) in [6, 6.07) is 12.4. The summed E-state index contributed by atoms with van der Waals surface area (Å²) in [7, 11) is -5.15. The molecular formula is C43H49BrF2N3O12P. The number of benzene rings is 2. The molecule has 4 aliphatic carbocycles. The van der Waals surface area contributed by atoms with Gasteiger partial charge in [0.25, 0.3) is 0 Å². The third-order valence-corrected chi connectivity index (χ3v) is 14.6. The molecule has 1 aliphatic heterocycles. The highest BCUT2D eigenvalue weighted by atomic mass is 79.9. The molecule has 7 rings (SSSR count). The van der Waals surface area contributed by atoms with Crippen LogP contribution in [0.25, 0.3) is 0 Å². The number of aliphatic hydroxyl groups excluding tert-OH is 1. The first-order valence-corrected chi connectivity index (χ1v) is 22.9. The number of carbonyl (C=O) groups excluding carboxylic acids is 5. The van der Waals surface area contributed by atoms with Crippen molar-refractivity contribution in [2.24, 2.45) is 22.7 Å². The van der Waals surface area contributed by atoms with E-state index in [0.29, 0.717) is 17.7 Å². The summed E-state index contributed by atoms with van der Waals surface area (Å²) in [5, 5.41) is 19.7. The molecule has 0 bridgehead atoms. The van der Waals surface area contributed by atoms with Crippen LogP contribution in [0.5, 0.6) is 0 Å². The van der Waals surface area contributed by atoms with Crippen molar-refractivity contribution < 1.29 is 66.2 Å². The molecule has 12 atom stereocenters. The summed E-state index contributed by atoms with van der Waals surface area (Å²) in [5.41, 5.74) is -4.95. The Labute approximate surface area is 364 Å². The second-order valence-corrected chi connectivity index (χ2v) is 19.2. The van der Waals surface area contributed by atoms with Crippen molar-refractivity contribution in [3.63, 3.8) is 0 Å². The number of amides is 3. The lowest BCUT2D eigenvalue weighted by Gasteiger charge is -2.63. The van der Waals surface area contributed by atoms with Crippen LogP contribution in [-0.4, -0.2) is 97.9 Å². The number of phosphoric ester groups is 1. The van der Waals surface area contributed by atoms with Crippen LogP contribution < -0.4 is 16.0 Å². The minimum absolute atomic E-state index is 0.00690. The minimum Gasteiger partial charge on any atom is -0.390 e. The number of halogens is 3. The second-order valence-electron chi connectivity index (χ2n) is 17.4. The van der Waals surface area contributed by atoms with Gasteiger partial charge in [-0.25, -0.2) is 13.3 Å². The number of ether oxygens (including phenoxy) is 2. The Hall–Kier alpha value is -4.00. The Morgan fingerprint density at radius 3 is 2.37 bits per heavy atom. The number of allylic oxidation sites excluding steroid dienone is 4. The van der Waals surface area contributed by atoms with Gasteiger partial charge in [-0.3, -0.25) is 28.5 Å². The molecule has 0 spiro atoms. The van der Waals surface area contributed by atoms with Crippen LogP contribution in [0.4, 0.5) is 14.5 Å². The van der Waals surface area contributed by atoms with Gasteiger partial charge in [-0.1, -0.05) is 65.3 Å². The summed E-state index contributed by atoms with van der Waals surface area (Å²) in [6.07, 6.45) is -2.54. The van der Waals surface area contributed by atoms with E-state index < -0.39 is 108 Å². The van der Waals surface area contributed by atoms with Crippen molar-refractivity contribution in [2.75, 3.05) is 17.3 Å². The minimum atomic E-state index is -5.15. The monoisotopic (exact) mass is 947 g/mol. The van der Waals surface area contributed by atoms with Gasteiger partial charge in [-0.15, -0.1) is 0 Å². The average Bonchev–Trinajstić information content (AvgIpc) is 3.71. The van der Waals surface area contributed by atoms with E-state index in [-0.39, 0.29) is 36.1 Å². The average molecular weight is 949 g/mol. The number of rotatable bonds is 13. The van der Waals surface area contributed by atoms with Gasteiger partial charge in [0.05, 0.1) is 17.5 Å². The first-order valence-electron chi connectivity index (χ1n) is 20.2. The van der Waals surface area contributed by atoms with Gasteiger partial charge in [0, 0.05) is 28.0 Å². The lowest BCUT2D eigenvalue weighted by Crippen LogP contribution is -2.70. The van der Waals surface area contributed by atoms with Crippen LogP contribution in [-0.2, 0) is 49.0 Å². The van der Waals surface area contributed by atoms with Crippen molar-refractivity contribution >= 4 is 58.7 Å². The van der Waals surface area contributed by atoms with Crippen LogP contribution in [0, 0.1) is 22.7 Å². The van der Waals surface area contributed by atoms with E-state index in [1.54, 1.807) is 37.3 Å². The van der Waals surface area contributed by atoms with Gasteiger partial charge in [0.2, 0.25) is 17.7 Å². The zero-order valence-electron chi connectivity index (χ0n) is 34.3. The highest BCUT2D eigenvalue weighted by Crippen LogP contribution is 2.72. The lowest BCUT2D eigenvalue weighted by molar-refractivity contribution is -0.235. The molecule has 1 heterocycles. The maximum Gasteiger partial charge on any atom is 0.470 e. The molecule has 5 aliphatic rings. The molecule has 1 saturated heterocycles. The van der Waals surface area contributed by atoms with Crippen molar-refractivity contribution in [3.05, 3.63) is 89.0 Å². The summed E-state index contributed by atoms with van der Waals surface area (Å²) in [6.45, 7) is 5.04. The zero-order chi connectivity index (χ0) is 45.2. The van der Waals surface area contributed by atoms with Crippen molar-refractivity contribution in [3.8, 4) is 0 Å². The quantitative estimate of drug-likeness (QED) is 0.122. The first-order chi connectivity index (χ1) is 29.1. The maximum absolute atomic E-state index is 17.8. The Bertz CT molecular complexity index is 2280. The molecule has 19 heteroatoms. The van der Waals surface area contributed by atoms with E-state index in [1.807, 2.05) is 18.2 Å². The molecule has 0 radical (unpaired) electrons. The lowest BCUT2D eigenvalue weighted by atomic mass is 9.44. The standard InChI is InChI=1S/C43H49BrF2N3O12P/c1-22(47-36(53)20-44)37(54)48-23(2)38(55)49-27-7-5-6-25(15-27)14-24-8-10-26(11-9-24)39-60-35-18-29-30-17-32(45)31-16-28(50)12-13-40(31,3)42(30,46)33(51)19-41(29,4)43(35,61-39)34(52)21-59-62(56,57)58/h5-13,15-16,22-23,29-30,32-33,35,39,51H,14,17-21H2,1-4H3,(H,47,53)(H,48,54)(H,49,55)(H2,56,57,58)/t22-,23-,29-,30-,32-,33-,35+,39+,40-,41-,42-,43+/m0/s1. The van der Waals surface area contributed by atoms with E-state index in [1.165, 1.54) is 32.9 Å². The van der Waals surface area contributed by atoms with Crippen molar-refractivity contribution in [1.82, 2.24) is 10.6 Å². The molecule has 15 nitrogen and oxygen atoms in total. The molecule has 6 N–H and O–H groups in total. The molecular weight excluding hydrogens is 899 g/mol. The number of hydrogen-bond acceptors (Lipinski definition) is 10. The molecule has 2 aromatic carbocycles. The number of anilines is 1. The van der Waals surface area contributed by atoms with Crippen molar-refractivity contribution in [1.29, 1.82) is 0 Å². The van der Waals surface area contributed by atoms with Gasteiger partial charge in [0.15, 0.2) is 29.1 Å². The van der Waals surface area contributed by atoms with Gasteiger partial charge < -0.3 is 40.3 Å². The predicted molar refractivity (Wildman–Crippen MR) is 222 cm³/mol. The number of nitrogens with one attached hydrogen (secondary N) is 3. The second kappa shape index (κ2) is 16.8. The highest BCUT2D eigenvalue weighted by Gasteiger charge is 2.80. The molecule has 334 valence electrons. The van der Waals surface area contributed by atoms with E-state index in [2.05, 4.69) is 36.4 Å². The van der Waals surface area contributed by atoms with Crippen molar-refractivity contribution in [2.45, 2.75) is 101 Å². The summed E-state index contributed by atoms with van der Waals surface area (Å²) in [4.78, 5) is 82.6. The number of fused-ring (bicyclic) bond motifs is 7. The van der Waals surface area contributed by atoms with Crippen LogP contribution in [0.15, 0.2) is 72.3 Å². The molecule has 62 heavy (non-hydrogen) atoms. The van der Waals surface area contributed by atoms with Crippen LogP contribution in [0.2, 0.25) is 0 Å². The van der Waals surface area contributed by atoms with Crippen LogP contribution in [0.3, 0.4) is 0 Å². The van der Waals surface area contributed by atoms with Gasteiger partial charge in [-0.2, -0.15) is 0 Å². The Balaban J connectivity index is 1.08. The molecule has 0 aromatic heterocycles. The van der Waals surface area contributed by atoms with E-state index >= 15 is 8.78 Å². The van der Waals surface area contributed by atoms with E-state index in [9.17, 15) is 43.4 Å². The number of aliphatic hydroxyl groups is 1. The summed E-state index contributed by atoms with van der Waals surface area (Å²) < 4.78 is 63.4. The van der Waals surface area contributed by atoms with Crippen LogP contribution in [0.1, 0.15) is 69.9 Å². The topological polar surface area (TPSA) is 227 Å². The van der Waals surface area contributed by atoms with Gasteiger partial charge in [0.1, 0.15) is 24.9 Å². The number of Topliss-reactive ketones (excluding diaryl/α,β-unsaturated/α-hetero) is 1. The number of phosphoric acid groups is 1. The number of alkyl halides is 3. The normalized spacial score (nSPS) is 34.4. The highest BCUT2D eigenvalue weighted by molar-refractivity contribution is 9.09. The Morgan fingerprint density at radius 1 is 1.00 bits per heavy atom. The third-order valence-electron chi connectivity index (χ3n) is 13.6. The molecule has 2 aromatic rings. The fourth-order valence-electron chi connectivity index (χ4n) is 10.6.